The first kappa shape index (κ1) is 24.6. The van der Waals surface area contributed by atoms with Gasteiger partial charge in [-0.2, -0.15) is 10.5 Å². The normalized spacial score (nSPS) is 10.4. The number of rotatable bonds is 8. The molecule has 0 aromatic carbocycles. The van der Waals surface area contributed by atoms with Gasteiger partial charge >= 0.3 is 5.97 Å². The maximum absolute atomic E-state index is 12.8. The number of thioether (sulfide) groups is 1. The Morgan fingerprint density at radius 1 is 1.26 bits per heavy atom. The average molecular weight is 478 g/mol. The number of pyridine rings is 1. The van der Waals surface area contributed by atoms with Crippen LogP contribution in [0.25, 0.3) is 0 Å². The highest BCUT2D eigenvalue weighted by molar-refractivity contribution is 8.00. The zero-order valence-electron chi connectivity index (χ0n) is 19.3. The second-order valence-corrected chi connectivity index (χ2v) is 8.32. The standard InChI is InChI=1S/C24H23N5O4S/c1-5-32-24(31)19-9-17(10-25)23(27-15(19)3)34-13-21(30)28-22-20(11-26)14(2)16(4)29(22)12-18-7-6-8-33-18/h6-9H,5,12-13H2,1-4H3,(H,28,30). The van der Waals surface area contributed by atoms with Gasteiger partial charge in [-0.3, -0.25) is 4.79 Å². The summed E-state index contributed by atoms with van der Waals surface area (Å²) in [7, 11) is 0. The van der Waals surface area contributed by atoms with Gasteiger partial charge in [-0.05, 0) is 51.5 Å². The van der Waals surface area contributed by atoms with E-state index in [1.165, 1.54) is 6.07 Å². The van der Waals surface area contributed by atoms with Crippen LogP contribution in [0.1, 0.15) is 51.1 Å². The maximum Gasteiger partial charge on any atom is 0.340 e. The lowest BCUT2D eigenvalue weighted by atomic mass is 10.1. The molecule has 0 saturated heterocycles. The van der Waals surface area contributed by atoms with E-state index in [2.05, 4.69) is 16.4 Å². The number of ether oxygens (including phenoxy) is 1. The quantitative estimate of drug-likeness (QED) is 0.378. The van der Waals surface area contributed by atoms with Gasteiger partial charge < -0.3 is 19.0 Å². The van der Waals surface area contributed by atoms with E-state index in [1.807, 2.05) is 30.6 Å². The zero-order valence-corrected chi connectivity index (χ0v) is 20.1. The third kappa shape index (κ3) is 5.13. The van der Waals surface area contributed by atoms with E-state index in [0.29, 0.717) is 34.4 Å². The first-order chi connectivity index (χ1) is 16.3. The van der Waals surface area contributed by atoms with Gasteiger partial charge in [-0.25, -0.2) is 9.78 Å². The van der Waals surface area contributed by atoms with Crippen LogP contribution in [0.2, 0.25) is 0 Å². The molecule has 0 aliphatic carbocycles. The molecule has 0 bridgehead atoms. The molecule has 1 amide bonds. The number of hydrogen-bond donors (Lipinski definition) is 1. The first-order valence-electron chi connectivity index (χ1n) is 10.4. The highest BCUT2D eigenvalue weighted by Crippen LogP contribution is 2.28. The van der Waals surface area contributed by atoms with Crippen molar-refractivity contribution in [2.24, 2.45) is 0 Å². The Balaban J connectivity index is 1.80. The van der Waals surface area contributed by atoms with E-state index in [0.717, 1.165) is 23.0 Å². The molecule has 10 heteroatoms. The largest absolute Gasteiger partial charge is 0.467 e. The molecule has 0 aliphatic rings. The fourth-order valence-corrected chi connectivity index (χ4v) is 4.18. The summed E-state index contributed by atoms with van der Waals surface area (Å²) < 4.78 is 12.3. The summed E-state index contributed by atoms with van der Waals surface area (Å²) in [6.45, 7) is 7.61. The molecule has 0 saturated carbocycles. The maximum atomic E-state index is 12.8. The van der Waals surface area contributed by atoms with Gasteiger partial charge in [0.2, 0.25) is 5.91 Å². The third-order valence-corrected chi connectivity index (χ3v) is 6.22. The van der Waals surface area contributed by atoms with Gasteiger partial charge in [-0.15, -0.1) is 0 Å². The number of esters is 1. The average Bonchev–Trinajstić information content (AvgIpc) is 3.40. The smallest absolute Gasteiger partial charge is 0.340 e. The molecule has 3 aromatic heterocycles. The minimum absolute atomic E-state index is 0.0469. The zero-order chi connectivity index (χ0) is 24.8. The van der Waals surface area contributed by atoms with Crippen molar-refractivity contribution in [1.82, 2.24) is 9.55 Å². The number of nitriles is 2. The Bertz CT molecular complexity index is 1310. The number of anilines is 1. The fourth-order valence-electron chi connectivity index (χ4n) is 3.38. The number of carbonyl (C=O) groups excluding carboxylic acids is 2. The lowest BCUT2D eigenvalue weighted by Gasteiger charge is -2.12. The van der Waals surface area contributed by atoms with E-state index in [9.17, 15) is 20.1 Å². The highest BCUT2D eigenvalue weighted by Gasteiger charge is 2.21. The summed E-state index contributed by atoms with van der Waals surface area (Å²) in [6, 6.07) is 9.20. The van der Waals surface area contributed by atoms with Gasteiger partial charge in [0.05, 0.1) is 47.6 Å². The predicted molar refractivity (Wildman–Crippen MR) is 125 cm³/mol. The molecule has 0 atom stereocenters. The number of nitrogens with one attached hydrogen (secondary N) is 1. The van der Waals surface area contributed by atoms with Crippen LogP contribution >= 0.6 is 11.8 Å². The number of carbonyl (C=O) groups is 2. The second kappa shape index (κ2) is 10.7. The summed E-state index contributed by atoms with van der Waals surface area (Å²) in [4.78, 5) is 29.2. The van der Waals surface area contributed by atoms with Gasteiger partial charge in [0, 0.05) is 5.69 Å². The Morgan fingerprint density at radius 3 is 2.65 bits per heavy atom. The summed E-state index contributed by atoms with van der Waals surface area (Å²) >= 11 is 1.07. The summed E-state index contributed by atoms with van der Waals surface area (Å²) in [5.74, 6) is 0.117. The molecule has 1 N–H and O–H groups in total. The monoisotopic (exact) mass is 477 g/mol. The van der Waals surface area contributed by atoms with E-state index < -0.39 is 5.97 Å². The number of nitrogens with zero attached hydrogens (tertiary/aromatic N) is 4. The van der Waals surface area contributed by atoms with Crippen molar-refractivity contribution in [1.29, 1.82) is 10.5 Å². The van der Waals surface area contributed by atoms with Crippen LogP contribution in [0.4, 0.5) is 5.82 Å². The third-order valence-electron chi connectivity index (χ3n) is 5.23. The van der Waals surface area contributed by atoms with Gasteiger partial charge in [0.1, 0.15) is 28.7 Å². The Morgan fingerprint density at radius 2 is 2.03 bits per heavy atom. The van der Waals surface area contributed by atoms with Crippen molar-refractivity contribution in [3.8, 4) is 12.1 Å². The fraction of sp³-hybridized carbons (Fsp3) is 0.292. The van der Waals surface area contributed by atoms with Crippen molar-refractivity contribution in [3.63, 3.8) is 0 Å². The molecular weight excluding hydrogens is 454 g/mol. The highest BCUT2D eigenvalue weighted by atomic mass is 32.2. The summed E-state index contributed by atoms with van der Waals surface area (Å²) in [5, 5.41) is 22.3. The Labute approximate surface area is 201 Å². The summed E-state index contributed by atoms with van der Waals surface area (Å²) in [6.07, 6.45) is 1.57. The van der Waals surface area contributed by atoms with Crippen molar-refractivity contribution < 1.29 is 18.7 Å². The minimum atomic E-state index is -0.551. The van der Waals surface area contributed by atoms with Crippen LogP contribution in [-0.4, -0.2) is 33.8 Å². The van der Waals surface area contributed by atoms with Crippen molar-refractivity contribution >= 4 is 29.5 Å². The summed E-state index contributed by atoms with van der Waals surface area (Å²) in [5.41, 5.74) is 2.80. The van der Waals surface area contributed by atoms with E-state index >= 15 is 0 Å². The molecular formula is C24H23N5O4S. The number of aromatic nitrogens is 2. The molecule has 0 aliphatic heterocycles. The molecule has 0 radical (unpaired) electrons. The molecule has 0 fully saturated rings. The Hall–Kier alpha value is -4.02. The van der Waals surface area contributed by atoms with Crippen molar-refractivity contribution in [2.75, 3.05) is 17.7 Å². The van der Waals surface area contributed by atoms with Crippen LogP contribution in [0.15, 0.2) is 33.9 Å². The lowest BCUT2D eigenvalue weighted by molar-refractivity contribution is -0.113. The van der Waals surface area contributed by atoms with Crippen LogP contribution in [-0.2, 0) is 16.1 Å². The van der Waals surface area contributed by atoms with E-state index in [-0.39, 0.29) is 29.4 Å². The van der Waals surface area contributed by atoms with Crippen LogP contribution in [0.5, 0.6) is 0 Å². The van der Waals surface area contributed by atoms with Gasteiger partial charge in [-0.1, -0.05) is 11.8 Å². The molecule has 0 spiro atoms. The molecule has 3 heterocycles. The molecule has 0 unspecified atom stereocenters. The van der Waals surface area contributed by atoms with Crippen LogP contribution in [0, 0.1) is 43.4 Å². The molecule has 174 valence electrons. The topological polar surface area (TPSA) is 134 Å². The van der Waals surface area contributed by atoms with E-state index in [4.69, 9.17) is 9.15 Å². The second-order valence-electron chi connectivity index (χ2n) is 7.35. The molecule has 9 nitrogen and oxygen atoms in total. The van der Waals surface area contributed by atoms with Crippen molar-refractivity contribution in [2.45, 2.75) is 39.3 Å². The van der Waals surface area contributed by atoms with Gasteiger partial charge in [0.25, 0.3) is 0 Å². The van der Waals surface area contributed by atoms with Crippen LogP contribution in [0.3, 0.4) is 0 Å². The first-order valence-corrected chi connectivity index (χ1v) is 11.4. The molecule has 34 heavy (non-hydrogen) atoms. The van der Waals surface area contributed by atoms with Crippen LogP contribution < -0.4 is 5.32 Å². The SMILES string of the molecule is CCOC(=O)c1cc(C#N)c(SCC(=O)Nc2c(C#N)c(C)c(C)n2Cc2ccco2)nc1C. The number of aryl methyl sites for hydroxylation is 1. The van der Waals surface area contributed by atoms with E-state index in [1.54, 1.807) is 26.2 Å². The minimum Gasteiger partial charge on any atom is -0.467 e. The number of hydrogen-bond acceptors (Lipinski definition) is 8. The molecule has 3 rings (SSSR count). The number of amides is 1. The lowest BCUT2D eigenvalue weighted by Crippen LogP contribution is -2.19. The molecule has 3 aromatic rings. The Kier molecular flexibility index (Phi) is 7.77. The predicted octanol–water partition coefficient (Wildman–Crippen LogP) is 4.10. The van der Waals surface area contributed by atoms with Gasteiger partial charge in [0.15, 0.2) is 0 Å². The number of furan rings is 1. The van der Waals surface area contributed by atoms with Crippen molar-refractivity contribution in [3.05, 3.63) is 63.9 Å².